The summed E-state index contributed by atoms with van der Waals surface area (Å²) in [6.45, 7) is 15.1. The minimum Gasteiger partial charge on any atom is -0.355 e. The summed E-state index contributed by atoms with van der Waals surface area (Å²) in [4.78, 5) is 18.3. The van der Waals surface area contributed by atoms with Crippen molar-refractivity contribution in [3.8, 4) is 22.3 Å². The molecule has 8 heteroatoms. The lowest BCUT2D eigenvalue weighted by atomic mass is 9.95. The van der Waals surface area contributed by atoms with Crippen LogP contribution >= 0.6 is 0 Å². The van der Waals surface area contributed by atoms with Gasteiger partial charge in [-0.2, -0.15) is 0 Å². The van der Waals surface area contributed by atoms with Crippen molar-refractivity contribution < 1.29 is 18.9 Å². The molecule has 0 aliphatic carbocycles. The highest BCUT2D eigenvalue weighted by Gasteiger charge is 2.33. The lowest BCUT2D eigenvalue weighted by molar-refractivity contribution is -0.225. The number of hydrogen-bond donors (Lipinski definition) is 2. The first-order chi connectivity index (χ1) is 26.0. The van der Waals surface area contributed by atoms with Crippen LogP contribution in [0.15, 0.2) is 72.8 Å². The second-order valence-corrected chi connectivity index (χ2v) is 16.5. The van der Waals surface area contributed by atoms with E-state index in [0.29, 0.717) is 26.4 Å². The fraction of sp³-hybridized carbons (Fsp3) is 0.304. The smallest absolute Gasteiger partial charge is 0.187 e. The maximum atomic E-state index is 6.47. The number of fused-ring (bicyclic) bond motifs is 8. The summed E-state index contributed by atoms with van der Waals surface area (Å²) in [5, 5.41) is 0. The van der Waals surface area contributed by atoms with Crippen molar-refractivity contribution in [3.63, 3.8) is 0 Å². The third kappa shape index (κ3) is 6.54. The van der Waals surface area contributed by atoms with E-state index in [1.165, 1.54) is 11.1 Å². The summed E-state index contributed by atoms with van der Waals surface area (Å²) in [5.74, 6) is 0. The van der Waals surface area contributed by atoms with Crippen LogP contribution in [0.25, 0.3) is 68.6 Å². The number of hydrogen-bond acceptors (Lipinski definition) is 6. The third-order valence-corrected chi connectivity index (χ3v) is 10.5. The van der Waals surface area contributed by atoms with Crippen LogP contribution in [-0.4, -0.2) is 46.4 Å². The number of nitrogens with zero attached hydrogens (tertiary/aromatic N) is 2. The van der Waals surface area contributed by atoms with E-state index < -0.39 is 12.6 Å². The molecule has 2 N–H and O–H groups in total. The molecule has 7 heterocycles. The van der Waals surface area contributed by atoms with E-state index in [1.54, 1.807) is 0 Å². The summed E-state index contributed by atoms with van der Waals surface area (Å²) in [7, 11) is 0. The van der Waals surface area contributed by atoms with Gasteiger partial charge in [-0.05, 0) is 73.5 Å². The van der Waals surface area contributed by atoms with E-state index in [2.05, 4.69) is 149 Å². The van der Waals surface area contributed by atoms with Crippen LogP contribution in [0.2, 0.25) is 0 Å². The van der Waals surface area contributed by atoms with Crippen molar-refractivity contribution >= 4 is 46.4 Å². The first-order valence-corrected chi connectivity index (χ1v) is 18.8. The van der Waals surface area contributed by atoms with Gasteiger partial charge in [-0.15, -0.1) is 0 Å². The summed E-state index contributed by atoms with van der Waals surface area (Å²) in [5.41, 5.74) is 14.8. The van der Waals surface area contributed by atoms with Gasteiger partial charge in [-0.1, -0.05) is 87.4 Å². The average Bonchev–Trinajstić information content (AvgIpc) is 3.99. The fourth-order valence-electron chi connectivity index (χ4n) is 7.51. The van der Waals surface area contributed by atoms with Gasteiger partial charge in [-0.25, -0.2) is 9.97 Å². The van der Waals surface area contributed by atoms with Crippen LogP contribution in [0, 0.1) is 24.7 Å². The number of rotatable bonds is 4. The highest BCUT2D eigenvalue weighted by molar-refractivity contribution is 5.94. The van der Waals surface area contributed by atoms with Gasteiger partial charge in [0, 0.05) is 44.0 Å². The molecule has 8 bridgehead atoms. The quantitative estimate of drug-likeness (QED) is 0.188. The molecule has 5 aromatic rings. The van der Waals surface area contributed by atoms with Crippen molar-refractivity contribution in [1.82, 2.24) is 19.9 Å². The van der Waals surface area contributed by atoms with Crippen molar-refractivity contribution in [1.29, 1.82) is 0 Å². The third-order valence-electron chi connectivity index (χ3n) is 10.5. The Kier molecular flexibility index (Phi) is 8.54. The molecule has 54 heavy (non-hydrogen) atoms. The Morgan fingerprint density at radius 3 is 1.17 bits per heavy atom. The number of aromatic nitrogens is 4. The van der Waals surface area contributed by atoms with Gasteiger partial charge in [0.15, 0.2) is 12.6 Å². The fourth-order valence-corrected chi connectivity index (χ4v) is 7.51. The molecule has 0 spiro atoms. The maximum absolute atomic E-state index is 6.47. The molecule has 0 unspecified atom stereocenters. The van der Waals surface area contributed by atoms with Gasteiger partial charge >= 0.3 is 0 Å². The minimum absolute atomic E-state index is 0.0914. The maximum Gasteiger partial charge on any atom is 0.187 e. The first kappa shape index (κ1) is 34.6. The average molecular weight is 719 g/mol. The van der Waals surface area contributed by atoms with Crippen molar-refractivity contribution in [2.75, 3.05) is 26.4 Å². The lowest BCUT2D eigenvalue weighted by Crippen LogP contribution is -2.34. The zero-order valence-electron chi connectivity index (χ0n) is 31.7. The second-order valence-electron chi connectivity index (χ2n) is 16.5. The highest BCUT2D eigenvalue weighted by atomic mass is 16.7. The lowest BCUT2D eigenvalue weighted by Gasteiger charge is -2.34. The number of nitrogens with one attached hydrogen (secondary N) is 2. The van der Waals surface area contributed by atoms with Gasteiger partial charge in [0.2, 0.25) is 0 Å². The first-order valence-electron chi connectivity index (χ1n) is 18.8. The second kappa shape index (κ2) is 13.3. The van der Waals surface area contributed by atoms with Crippen LogP contribution in [0.5, 0.6) is 0 Å². The molecule has 0 amide bonds. The summed E-state index contributed by atoms with van der Waals surface area (Å²) in [6, 6.07) is 25.6. The van der Waals surface area contributed by atoms with Gasteiger partial charge in [0.1, 0.15) is 0 Å². The number of H-pyrrole nitrogens is 2. The Balaban J connectivity index is 1.39. The molecule has 0 radical (unpaired) electrons. The largest absolute Gasteiger partial charge is 0.355 e. The summed E-state index contributed by atoms with van der Waals surface area (Å²) >= 11 is 0. The molecule has 4 aliphatic heterocycles. The van der Waals surface area contributed by atoms with E-state index in [9.17, 15) is 0 Å². The van der Waals surface area contributed by atoms with E-state index in [0.717, 1.165) is 78.2 Å². The van der Waals surface area contributed by atoms with Gasteiger partial charge in [-0.3, -0.25) is 0 Å². The number of ether oxygens (including phenoxy) is 4. The van der Waals surface area contributed by atoms with Crippen LogP contribution in [0.1, 0.15) is 85.3 Å². The van der Waals surface area contributed by atoms with E-state index in [-0.39, 0.29) is 10.8 Å². The minimum atomic E-state index is -0.602. The highest BCUT2D eigenvalue weighted by Crippen LogP contribution is 2.40. The Morgan fingerprint density at radius 2 is 0.796 bits per heavy atom. The molecular weight excluding hydrogens is 673 g/mol. The predicted molar refractivity (Wildman–Crippen MR) is 216 cm³/mol. The van der Waals surface area contributed by atoms with Crippen molar-refractivity contribution in [2.45, 2.75) is 54.1 Å². The Morgan fingerprint density at radius 1 is 0.463 bits per heavy atom. The van der Waals surface area contributed by atoms with E-state index >= 15 is 0 Å². The normalized spacial score (nSPS) is 18.3. The summed E-state index contributed by atoms with van der Waals surface area (Å²) in [6.07, 6.45) is 7.13. The van der Waals surface area contributed by atoms with Gasteiger partial charge in [0.05, 0.1) is 60.3 Å². The molecule has 4 aliphatic rings. The van der Waals surface area contributed by atoms with Crippen LogP contribution < -0.4 is 0 Å². The molecular formula is C46H46N4O4. The molecule has 2 aromatic carbocycles. The summed E-state index contributed by atoms with van der Waals surface area (Å²) < 4.78 is 25.9. The predicted octanol–water partition coefficient (Wildman–Crippen LogP) is 10.7. The monoisotopic (exact) mass is 718 g/mol. The van der Waals surface area contributed by atoms with Crippen molar-refractivity contribution in [3.05, 3.63) is 118 Å². The van der Waals surface area contributed by atoms with Crippen molar-refractivity contribution in [2.24, 2.45) is 10.8 Å². The molecule has 0 saturated carbocycles. The molecule has 0 atom stereocenters. The van der Waals surface area contributed by atoms with E-state index in [4.69, 9.17) is 28.9 Å². The molecule has 8 nitrogen and oxygen atoms in total. The molecule has 3 aromatic heterocycles. The Hall–Kier alpha value is -5.12. The van der Waals surface area contributed by atoms with Crippen LogP contribution in [-0.2, 0) is 18.9 Å². The topological polar surface area (TPSA) is 94.3 Å². The SMILES string of the molecule is Cc1ccc(-c2c3nc(c(C4OCC(C)(C)CO4)c4ccc([nH]4)c(-c4ccc(C)cc4)c4nc(c(C5OCC(C)(C)CO5)c5ccc2[nH]5)C=C4)C=C3)cc1. The molecule has 274 valence electrons. The van der Waals surface area contributed by atoms with Crippen LogP contribution in [0.4, 0.5) is 0 Å². The van der Waals surface area contributed by atoms with E-state index in [1.807, 2.05) is 0 Å². The Labute approximate surface area is 315 Å². The zero-order valence-corrected chi connectivity index (χ0v) is 31.7. The number of aromatic amines is 2. The zero-order chi connectivity index (χ0) is 37.2. The Bertz CT molecular complexity index is 2290. The molecule has 9 rings (SSSR count). The standard InChI is InChI=1S/C46H46N4O4/c1-27-7-11-29(12-8-27)39-31-15-19-35(47-31)41(43-51-23-45(3,4)24-52-43)37-21-17-33(49-37)40(30-13-9-28(2)10-14-30)34-18-22-38(50-34)42(36-20-16-32(39)48-36)44-53-25-46(5,6)26-54-44/h7-22,43-44,47,50H,23-26H2,1-6H3. The van der Waals surface area contributed by atoms with Crippen LogP contribution in [0.3, 0.4) is 0 Å². The van der Waals surface area contributed by atoms with Gasteiger partial charge in [0.25, 0.3) is 0 Å². The molecule has 2 fully saturated rings. The van der Waals surface area contributed by atoms with Gasteiger partial charge < -0.3 is 28.9 Å². The number of aryl methyl sites for hydroxylation is 2. The molecule has 2 saturated heterocycles. The number of benzene rings is 2.